The number of rotatable bonds is 2. The fraction of sp³-hybridized carbons (Fsp3) is 0. The van der Waals surface area contributed by atoms with Gasteiger partial charge in [0.1, 0.15) is 17.6 Å². The molecule has 0 aliphatic heterocycles. The van der Waals surface area contributed by atoms with Crippen molar-refractivity contribution in [3.05, 3.63) is 53.7 Å². The molecule has 4 heteroatoms. The predicted molar refractivity (Wildman–Crippen MR) is 63.4 cm³/mol. The van der Waals surface area contributed by atoms with Crippen LogP contribution in [0, 0.1) is 22.7 Å². The van der Waals surface area contributed by atoms with Crippen LogP contribution < -0.4 is 5.32 Å². The summed E-state index contributed by atoms with van der Waals surface area (Å²) in [7, 11) is 0. The number of hydrogen-bond acceptors (Lipinski definition) is 4. The Bertz CT molecular complexity index is 564. The highest BCUT2D eigenvalue weighted by Crippen LogP contribution is 2.15. The summed E-state index contributed by atoms with van der Waals surface area (Å²) in [4.78, 5) is 4.09. The molecule has 0 radical (unpaired) electrons. The first-order valence-corrected chi connectivity index (χ1v) is 4.96. The van der Waals surface area contributed by atoms with Crippen LogP contribution in [0.25, 0.3) is 0 Å². The maximum atomic E-state index is 8.77. The maximum Gasteiger partial charge on any atom is 0.142 e. The first-order chi connectivity index (χ1) is 8.31. The summed E-state index contributed by atoms with van der Waals surface area (Å²) >= 11 is 0. The average Bonchev–Trinajstić information content (AvgIpc) is 2.39. The van der Waals surface area contributed by atoms with Gasteiger partial charge in [-0.15, -0.1) is 0 Å². The third-order valence-corrected chi connectivity index (χ3v) is 2.13. The highest BCUT2D eigenvalue weighted by Gasteiger charge is 1.98. The predicted octanol–water partition coefficient (Wildman–Crippen LogP) is 2.57. The van der Waals surface area contributed by atoms with Gasteiger partial charge < -0.3 is 5.32 Å². The molecular weight excluding hydrogens is 212 g/mol. The number of nitrogens with one attached hydrogen (secondary N) is 1. The van der Waals surface area contributed by atoms with Crippen molar-refractivity contribution >= 4 is 11.5 Å². The highest BCUT2D eigenvalue weighted by molar-refractivity contribution is 5.58. The molecule has 1 heterocycles. The van der Waals surface area contributed by atoms with Crippen LogP contribution in [0.2, 0.25) is 0 Å². The van der Waals surface area contributed by atoms with E-state index in [0.717, 1.165) is 5.69 Å². The summed E-state index contributed by atoms with van der Waals surface area (Å²) in [6, 6.07) is 16.3. The van der Waals surface area contributed by atoms with Crippen LogP contribution in [0.5, 0.6) is 0 Å². The molecule has 0 unspecified atom stereocenters. The number of pyridine rings is 1. The Morgan fingerprint density at radius 1 is 1.00 bits per heavy atom. The van der Waals surface area contributed by atoms with Crippen molar-refractivity contribution in [2.45, 2.75) is 0 Å². The summed E-state index contributed by atoms with van der Waals surface area (Å²) in [6.07, 6.45) is 0. The minimum Gasteiger partial charge on any atom is -0.340 e. The summed E-state index contributed by atoms with van der Waals surface area (Å²) in [5, 5.41) is 20.5. The Balaban J connectivity index is 2.26. The van der Waals surface area contributed by atoms with E-state index < -0.39 is 0 Å². The lowest BCUT2D eigenvalue weighted by Gasteiger charge is -2.05. The summed E-state index contributed by atoms with van der Waals surface area (Å²) in [6.45, 7) is 0. The molecular formula is C13H8N4. The molecule has 1 N–H and O–H groups in total. The second kappa shape index (κ2) is 4.78. The Morgan fingerprint density at radius 2 is 1.82 bits per heavy atom. The first-order valence-electron chi connectivity index (χ1n) is 4.96. The van der Waals surface area contributed by atoms with Crippen molar-refractivity contribution in [3.63, 3.8) is 0 Å². The molecule has 2 aromatic rings. The zero-order valence-corrected chi connectivity index (χ0v) is 8.88. The van der Waals surface area contributed by atoms with Crippen LogP contribution in [-0.2, 0) is 0 Å². The first kappa shape index (κ1) is 10.7. The molecule has 0 atom stereocenters. The zero-order valence-electron chi connectivity index (χ0n) is 8.88. The largest absolute Gasteiger partial charge is 0.340 e. The summed E-state index contributed by atoms with van der Waals surface area (Å²) in [5.74, 6) is 0.583. The lowest BCUT2D eigenvalue weighted by atomic mass is 10.2. The monoisotopic (exact) mass is 220 g/mol. The molecule has 17 heavy (non-hydrogen) atoms. The van der Waals surface area contributed by atoms with E-state index in [2.05, 4.69) is 16.4 Å². The van der Waals surface area contributed by atoms with Gasteiger partial charge in [-0.2, -0.15) is 10.5 Å². The quantitative estimate of drug-likeness (QED) is 0.844. The van der Waals surface area contributed by atoms with Crippen molar-refractivity contribution in [3.8, 4) is 12.1 Å². The molecule has 1 aromatic carbocycles. The SMILES string of the molecule is N#Cc1cccc(Nc2cccc(C#N)n2)c1. The Hall–Kier alpha value is -2.85. The minimum atomic E-state index is 0.353. The third-order valence-electron chi connectivity index (χ3n) is 2.13. The van der Waals surface area contributed by atoms with Crippen LogP contribution in [0.15, 0.2) is 42.5 Å². The van der Waals surface area contributed by atoms with Crippen LogP contribution in [0.1, 0.15) is 11.3 Å². The number of aromatic nitrogens is 1. The fourth-order valence-corrected chi connectivity index (χ4v) is 1.38. The van der Waals surface area contributed by atoms with E-state index in [1.54, 1.807) is 36.4 Å². The zero-order chi connectivity index (χ0) is 12.1. The molecule has 0 aliphatic carbocycles. The van der Waals surface area contributed by atoms with Gasteiger partial charge in [0.2, 0.25) is 0 Å². The van der Waals surface area contributed by atoms with Gasteiger partial charge in [0.05, 0.1) is 11.6 Å². The maximum absolute atomic E-state index is 8.77. The van der Waals surface area contributed by atoms with E-state index in [1.165, 1.54) is 0 Å². The molecule has 0 bridgehead atoms. The molecule has 0 amide bonds. The lowest BCUT2D eigenvalue weighted by molar-refractivity contribution is 1.25. The lowest BCUT2D eigenvalue weighted by Crippen LogP contribution is -1.95. The summed E-state index contributed by atoms with van der Waals surface area (Å²) < 4.78 is 0. The molecule has 2 rings (SSSR count). The fourth-order valence-electron chi connectivity index (χ4n) is 1.38. The van der Waals surface area contributed by atoms with Gasteiger partial charge in [-0.05, 0) is 30.3 Å². The van der Waals surface area contributed by atoms with Gasteiger partial charge in [-0.3, -0.25) is 0 Å². The van der Waals surface area contributed by atoms with E-state index in [0.29, 0.717) is 17.1 Å². The smallest absolute Gasteiger partial charge is 0.142 e. The van der Waals surface area contributed by atoms with Crippen LogP contribution >= 0.6 is 0 Å². The van der Waals surface area contributed by atoms with E-state index >= 15 is 0 Å². The van der Waals surface area contributed by atoms with Gasteiger partial charge in [0.15, 0.2) is 0 Å². The van der Waals surface area contributed by atoms with Crippen molar-refractivity contribution < 1.29 is 0 Å². The number of anilines is 2. The van der Waals surface area contributed by atoms with Crippen molar-refractivity contribution in [1.29, 1.82) is 10.5 Å². The van der Waals surface area contributed by atoms with Crippen LogP contribution in [0.4, 0.5) is 11.5 Å². The molecule has 4 nitrogen and oxygen atoms in total. The topological polar surface area (TPSA) is 72.5 Å². The molecule has 0 saturated heterocycles. The van der Waals surface area contributed by atoms with E-state index in [9.17, 15) is 0 Å². The molecule has 0 spiro atoms. The van der Waals surface area contributed by atoms with Crippen molar-refractivity contribution in [2.75, 3.05) is 5.32 Å². The minimum absolute atomic E-state index is 0.353. The number of nitrogens with zero attached hydrogens (tertiary/aromatic N) is 3. The Labute approximate surface area is 98.8 Å². The van der Waals surface area contributed by atoms with Gasteiger partial charge in [0, 0.05) is 5.69 Å². The molecule has 0 saturated carbocycles. The number of hydrogen-bond donors (Lipinski definition) is 1. The van der Waals surface area contributed by atoms with Gasteiger partial charge >= 0.3 is 0 Å². The second-order valence-corrected chi connectivity index (χ2v) is 3.34. The van der Waals surface area contributed by atoms with Gasteiger partial charge in [-0.25, -0.2) is 4.98 Å². The standard InChI is InChI=1S/C13H8N4/c14-8-10-3-1-4-11(7-10)16-13-6-2-5-12(9-15)17-13/h1-7H,(H,16,17). The second-order valence-electron chi connectivity index (χ2n) is 3.34. The van der Waals surface area contributed by atoms with E-state index in [-0.39, 0.29) is 0 Å². The normalized spacial score (nSPS) is 9.06. The van der Waals surface area contributed by atoms with Crippen molar-refractivity contribution in [1.82, 2.24) is 4.98 Å². The van der Waals surface area contributed by atoms with E-state index in [1.807, 2.05) is 12.1 Å². The number of nitriles is 2. The van der Waals surface area contributed by atoms with Crippen LogP contribution in [-0.4, -0.2) is 4.98 Å². The number of benzene rings is 1. The van der Waals surface area contributed by atoms with Gasteiger partial charge in [-0.1, -0.05) is 12.1 Å². The summed E-state index contributed by atoms with van der Waals surface area (Å²) in [5.41, 5.74) is 1.70. The average molecular weight is 220 g/mol. The molecule has 0 aliphatic rings. The Morgan fingerprint density at radius 3 is 2.59 bits per heavy atom. The van der Waals surface area contributed by atoms with Crippen LogP contribution in [0.3, 0.4) is 0 Å². The van der Waals surface area contributed by atoms with Gasteiger partial charge in [0.25, 0.3) is 0 Å². The highest BCUT2D eigenvalue weighted by atomic mass is 15.0. The van der Waals surface area contributed by atoms with Crippen molar-refractivity contribution in [2.24, 2.45) is 0 Å². The third kappa shape index (κ3) is 2.58. The molecule has 80 valence electrons. The van der Waals surface area contributed by atoms with E-state index in [4.69, 9.17) is 10.5 Å². The molecule has 1 aromatic heterocycles. The molecule has 0 fully saturated rings. The Kier molecular flexibility index (Phi) is 3.00.